The van der Waals surface area contributed by atoms with Crippen molar-refractivity contribution in [3.8, 4) is 11.6 Å². The highest BCUT2D eigenvalue weighted by molar-refractivity contribution is 6.00. The number of nitrogens with one attached hydrogen (secondary N) is 1. The van der Waals surface area contributed by atoms with Gasteiger partial charge in [-0.25, -0.2) is 9.78 Å². The number of anilines is 1. The van der Waals surface area contributed by atoms with Gasteiger partial charge in [0.15, 0.2) is 0 Å². The van der Waals surface area contributed by atoms with Crippen molar-refractivity contribution in [2.75, 3.05) is 25.6 Å². The van der Waals surface area contributed by atoms with E-state index in [1.165, 1.54) is 24.3 Å². The molecule has 1 heterocycles. The lowest BCUT2D eigenvalue weighted by Crippen LogP contribution is -2.11. The summed E-state index contributed by atoms with van der Waals surface area (Å²) >= 11 is 0. The molecule has 6 nitrogen and oxygen atoms in total. The fraction of sp³-hybridized carbons (Fsp3) is 0.158. The lowest BCUT2D eigenvalue weighted by molar-refractivity contribution is 0.0730. The zero-order valence-electron chi connectivity index (χ0n) is 13.7. The number of esters is 1. The van der Waals surface area contributed by atoms with Gasteiger partial charge in [0.05, 0.1) is 17.6 Å². The quantitative estimate of drug-likeness (QED) is 0.531. The first-order valence-electron chi connectivity index (χ1n) is 7.81. The number of phenolic OH excluding ortho intramolecular Hbond substituents is 1. The van der Waals surface area contributed by atoms with Crippen LogP contribution in [0, 0.1) is 0 Å². The van der Waals surface area contributed by atoms with Crippen LogP contribution in [-0.4, -0.2) is 36.3 Å². The molecule has 0 aliphatic heterocycles. The lowest BCUT2D eigenvalue weighted by Gasteiger charge is -2.12. The van der Waals surface area contributed by atoms with Crippen molar-refractivity contribution in [1.82, 2.24) is 4.98 Å². The van der Waals surface area contributed by atoms with Crippen molar-refractivity contribution in [3.63, 3.8) is 0 Å². The van der Waals surface area contributed by atoms with Crippen LogP contribution >= 0.6 is 0 Å². The Kier molecular flexibility index (Phi) is 5.11. The second-order valence-electron chi connectivity index (χ2n) is 5.38. The van der Waals surface area contributed by atoms with Gasteiger partial charge >= 0.3 is 5.97 Å². The van der Waals surface area contributed by atoms with E-state index in [1.807, 2.05) is 24.3 Å². The molecular formula is C19H18N2O4. The van der Waals surface area contributed by atoms with E-state index >= 15 is 0 Å². The largest absolute Gasteiger partial charge is 0.508 e. The Labute approximate surface area is 145 Å². The summed E-state index contributed by atoms with van der Waals surface area (Å²) in [7, 11) is 1.64. The maximum absolute atomic E-state index is 12.4. The van der Waals surface area contributed by atoms with Crippen molar-refractivity contribution < 1.29 is 19.4 Å². The van der Waals surface area contributed by atoms with Crippen molar-refractivity contribution in [2.24, 2.45) is 0 Å². The topological polar surface area (TPSA) is 80.7 Å². The third kappa shape index (κ3) is 3.87. The molecule has 25 heavy (non-hydrogen) atoms. The maximum atomic E-state index is 12.4. The number of carbonyl (C=O) groups is 1. The lowest BCUT2D eigenvalue weighted by atomic mass is 10.1. The van der Waals surface area contributed by atoms with E-state index < -0.39 is 5.97 Å². The molecule has 1 aromatic heterocycles. The summed E-state index contributed by atoms with van der Waals surface area (Å²) in [4.78, 5) is 16.6. The predicted octanol–water partition coefficient (Wildman–Crippen LogP) is 3.22. The Balaban J connectivity index is 1.92. The highest BCUT2D eigenvalue weighted by Gasteiger charge is 2.14. The zero-order chi connectivity index (χ0) is 17.6. The first kappa shape index (κ1) is 16.7. The molecular weight excluding hydrogens is 320 g/mol. The summed E-state index contributed by atoms with van der Waals surface area (Å²) in [6.07, 6.45) is 1.60. The molecule has 0 fully saturated rings. The highest BCUT2D eigenvalue weighted by atomic mass is 16.5. The number of pyridine rings is 1. The second kappa shape index (κ2) is 7.63. The molecule has 2 N–H and O–H groups in total. The molecule has 0 spiro atoms. The number of nitrogens with zero attached hydrogens (tertiary/aromatic N) is 1. The van der Waals surface area contributed by atoms with E-state index in [0.717, 1.165) is 16.5 Å². The molecule has 3 rings (SSSR count). The highest BCUT2D eigenvalue weighted by Crippen LogP contribution is 2.31. The van der Waals surface area contributed by atoms with E-state index in [0.29, 0.717) is 18.7 Å². The number of methoxy groups -OCH3 is 1. The van der Waals surface area contributed by atoms with Crippen molar-refractivity contribution >= 4 is 22.4 Å². The van der Waals surface area contributed by atoms with Gasteiger partial charge in [-0.2, -0.15) is 0 Å². The summed E-state index contributed by atoms with van der Waals surface area (Å²) in [6, 6.07) is 13.5. The van der Waals surface area contributed by atoms with Gasteiger partial charge in [0.2, 0.25) is 5.88 Å². The SMILES string of the molecule is COCCNc1cccc2ccnc(OC(=O)c3ccc(O)cc3)c12. The number of aromatic hydroxyl groups is 1. The fourth-order valence-corrected chi connectivity index (χ4v) is 2.45. The Morgan fingerprint density at radius 2 is 1.96 bits per heavy atom. The monoisotopic (exact) mass is 338 g/mol. The van der Waals surface area contributed by atoms with Gasteiger partial charge in [-0.05, 0) is 41.8 Å². The van der Waals surface area contributed by atoms with Crippen molar-refractivity contribution in [2.45, 2.75) is 0 Å². The normalized spacial score (nSPS) is 10.6. The maximum Gasteiger partial charge on any atom is 0.344 e. The molecule has 0 radical (unpaired) electrons. The number of hydrogen-bond donors (Lipinski definition) is 2. The van der Waals surface area contributed by atoms with Crippen LogP contribution in [0.25, 0.3) is 10.8 Å². The Bertz CT molecular complexity index is 873. The third-order valence-corrected chi connectivity index (χ3v) is 3.67. The predicted molar refractivity (Wildman–Crippen MR) is 95.2 cm³/mol. The molecule has 128 valence electrons. The number of fused-ring (bicyclic) bond motifs is 1. The van der Waals surface area contributed by atoms with Crippen LogP contribution in [0.3, 0.4) is 0 Å². The average Bonchev–Trinajstić information content (AvgIpc) is 2.62. The minimum atomic E-state index is -0.535. The zero-order valence-corrected chi connectivity index (χ0v) is 13.7. The fourth-order valence-electron chi connectivity index (χ4n) is 2.45. The molecule has 0 aliphatic carbocycles. The molecule has 6 heteroatoms. The molecule has 0 unspecified atom stereocenters. The standard InChI is InChI=1S/C19H18N2O4/c1-24-12-11-20-16-4-2-3-13-9-10-21-18(17(13)16)25-19(23)14-5-7-15(22)8-6-14/h2-10,20,22H,11-12H2,1H3. The van der Waals surface area contributed by atoms with Crippen molar-refractivity contribution in [1.29, 1.82) is 0 Å². The van der Waals surface area contributed by atoms with E-state index in [-0.39, 0.29) is 11.6 Å². The minimum Gasteiger partial charge on any atom is -0.508 e. The van der Waals surface area contributed by atoms with Gasteiger partial charge in [0.1, 0.15) is 5.75 Å². The summed E-state index contributed by atoms with van der Waals surface area (Å²) in [5.41, 5.74) is 1.15. The van der Waals surface area contributed by atoms with E-state index in [9.17, 15) is 9.90 Å². The van der Waals surface area contributed by atoms with Gasteiger partial charge in [-0.15, -0.1) is 0 Å². The molecule has 0 aliphatic rings. The van der Waals surface area contributed by atoms with Gasteiger partial charge < -0.3 is 19.9 Å². The van der Waals surface area contributed by atoms with Gasteiger partial charge in [-0.3, -0.25) is 0 Å². The number of ether oxygens (including phenoxy) is 2. The number of rotatable bonds is 6. The number of aromatic nitrogens is 1. The number of phenols is 1. The van der Waals surface area contributed by atoms with Gasteiger partial charge in [0, 0.05) is 25.5 Å². The molecule has 2 aromatic carbocycles. The molecule has 0 atom stereocenters. The van der Waals surface area contributed by atoms with Crippen LogP contribution in [0.2, 0.25) is 0 Å². The molecule has 0 amide bonds. The van der Waals surface area contributed by atoms with Gasteiger partial charge in [-0.1, -0.05) is 12.1 Å². The molecule has 0 saturated carbocycles. The van der Waals surface area contributed by atoms with Crippen LogP contribution < -0.4 is 10.1 Å². The summed E-state index contributed by atoms with van der Waals surface area (Å²) in [5.74, 6) is -0.216. The second-order valence-corrected chi connectivity index (χ2v) is 5.38. The van der Waals surface area contributed by atoms with E-state index in [2.05, 4.69) is 10.3 Å². The van der Waals surface area contributed by atoms with E-state index in [1.54, 1.807) is 13.3 Å². The summed E-state index contributed by atoms with van der Waals surface area (Å²) in [5, 5.41) is 14.2. The third-order valence-electron chi connectivity index (χ3n) is 3.67. The molecule has 0 bridgehead atoms. The Hall–Kier alpha value is -3.12. The number of benzene rings is 2. The number of carbonyl (C=O) groups excluding carboxylic acids is 1. The Morgan fingerprint density at radius 1 is 1.16 bits per heavy atom. The van der Waals surface area contributed by atoms with E-state index in [4.69, 9.17) is 9.47 Å². The van der Waals surface area contributed by atoms with Crippen LogP contribution in [0.1, 0.15) is 10.4 Å². The van der Waals surface area contributed by atoms with Crippen molar-refractivity contribution in [3.05, 3.63) is 60.3 Å². The van der Waals surface area contributed by atoms with Crippen LogP contribution in [-0.2, 0) is 4.74 Å². The van der Waals surface area contributed by atoms with Crippen LogP contribution in [0.5, 0.6) is 11.6 Å². The average molecular weight is 338 g/mol. The summed E-state index contributed by atoms with van der Waals surface area (Å²) in [6.45, 7) is 1.18. The smallest absolute Gasteiger partial charge is 0.344 e. The molecule has 3 aromatic rings. The summed E-state index contributed by atoms with van der Waals surface area (Å²) < 4.78 is 10.6. The number of hydrogen-bond acceptors (Lipinski definition) is 6. The minimum absolute atomic E-state index is 0.0875. The van der Waals surface area contributed by atoms with Crippen LogP contribution in [0.4, 0.5) is 5.69 Å². The molecule has 0 saturated heterocycles. The van der Waals surface area contributed by atoms with Crippen LogP contribution in [0.15, 0.2) is 54.7 Å². The first-order valence-corrected chi connectivity index (χ1v) is 7.81. The Morgan fingerprint density at radius 3 is 2.72 bits per heavy atom. The first-order chi connectivity index (χ1) is 12.2. The van der Waals surface area contributed by atoms with Gasteiger partial charge in [0.25, 0.3) is 0 Å².